The number of benzene rings is 1. The standard InChI is InChI=1S/C14H16F4N2O/c1-19-8-12-3-2-4-20(12)13(21)9-5-10(14(16,17)18)7-11(15)6-9/h5-7,12,19H,2-4,8H2,1H3/t12-/m0/s1. The van der Waals surface area contributed by atoms with Crippen molar-refractivity contribution in [3.63, 3.8) is 0 Å². The van der Waals surface area contributed by atoms with Crippen LogP contribution in [-0.2, 0) is 6.18 Å². The van der Waals surface area contributed by atoms with Gasteiger partial charge >= 0.3 is 6.18 Å². The van der Waals surface area contributed by atoms with Crippen LogP contribution in [0.15, 0.2) is 18.2 Å². The van der Waals surface area contributed by atoms with Crippen molar-refractivity contribution in [1.82, 2.24) is 10.2 Å². The van der Waals surface area contributed by atoms with Crippen LogP contribution in [0.5, 0.6) is 0 Å². The Morgan fingerprint density at radius 2 is 2.10 bits per heavy atom. The highest BCUT2D eigenvalue weighted by molar-refractivity contribution is 5.94. The van der Waals surface area contributed by atoms with Crippen LogP contribution in [0.1, 0.15) is 28.8 Å². The number of alkyl halides is 3. The zero-order valence-electron chi connectivity index (χ0n) is 11.5. The maximum absolute atomic E-state index is 13.4. The van der Waals surface area contributed by atoms with Crippen LogP contribution in [0.4, 0.5) is 17.6 Å². The quantitative estimate of drug-likeness (QED) is 0.871. The number of likely N-dealkylation sites (tertiary alicyclic amines) is 1. The van der Waals surface area contributed by atoms with Crippen molar-refractivity contribution in [2.75, 3.05) is 20.1 Å². The minimum atomic E-state index is -4.67. The molecule has 1 atom stereocenters. The zero-order chi connectivity index (χ0) is 15.6. The molecule has 21 heavy (non-hydrogen) atoms. The van der Waals surface area contributed by atoms with Gasteiger partial charge in [-0.3, -0.25) is 4.79 Å². The molecule has 1 fully saturated rings. The molecule has 3 nitrogen and oxygen atoms in total. The third-order valence-corrected chi connectivity index (χ3v) is 3.55. The molecule has 0 bridgehead atoms. The van der Waals surface area contributed by atoms with Gasteiger partial charge in [0.05, 0.1) is 5.56 Å². The molecule has 1 aliphatic rings. The summed E-state index contributed by atoms with van der Waals surface area (Å²) in [6.07, 6.45) is -3.10. The SMILES string of the molecule is CNC[C@@H]1CCCN1C(=O)c1cc(F)cc(C(F)(F)F)c1. The molecule has 0 spiro atoms. The van der Waals surface area contributed by atoms with E-state index in [-0.39, 0.29) is 11.6 Å². The van der Waals surface area contributed by atoms with E-state index in [1.54, 1.807) is 7.05 Å². The van der Waals surface area contributed by atoms with E-state index >= 15 is 0 Å². The summed E-state index contributed by atoms with van der Waals surface area (Å²) in [5, 5.41) is 2.95. The number of carbonyl (C=O) groups is 1. The van der Waals surface area contributed by atoms with Gasteiger partial charge in [0.15, 0.2) is 0 Å². The Kier molecular flexibility index (Phi) is 4.51. The van der Waals surface area contributed by atoms with Crippen LogP contribution in [-0.4, -0.2) is 37.0 Å². The first-order valence-corrected chi connectivity index (χ1v) is 6.66. The molecular weight excluding hydrogens is 288 g/mol. The van der Waals surface area contributed by atoms with Gasteiger partial charge < -0.3 is 10.2 Å². The van der Waals surface area contributed by atoms with Gasteiger partial charge in [-0.15, -0.1) is 0 Å². The summed E-state index contributed by atoms with van der Waals surface area (Å²) in [5.41, 5.74) is -1.40. The van der Waals surface area contributed by atoms with E-state index in [0.717, 1.165) is 18.9 Å². The lowest BCUT2D eigenvalue weighted by Crippen LogP contribution is -2.40. The lowest BCUT2D eigenvalue weighted by Gasteiger charge is -2.25. The highest BCUT2D eigenvalue weighted by Crippen LogP contribution is 2.31. The van der Waals surface area contributed by atoms with Crippen molar-refractivity contribution in [3.05, 3.63) is 35.1 Å². The van der Waals surface area contributed by atoms with Crippen LogP contribution in [0, 0.1) is 5.82 Å². The molecule has 1 N–H and O–H groups in total. The number of hydrogen-bond acceptors (Lipinski definition) is 2. The Labute approximate surface area is 119 Å². The fraction of sp³-hybridized carbons (Fsp3) is 0.500. The Bertz CT molecular complexity index is 530. The number of rotatable bonds is 3. The Morgan fingerprint density at radius 1 is 1.38 bits per heavy atom. The van der Waals surface area contributed by atoms with E-state index < -0.39 is 23.5 Å². The summed E-state index contributed by atoms with van der Waals surface area (Å²) in [7, 11) is 1.74. The number of carbonyl (C=O) groups excluding carboxylic acids is 1. The number of amides is 1. The van der Waals surface area contributed by atoms with Crippen LogP contribution in [0.25, 0.3) is 0 Å². The molecule has 116 valence electrons. The van der Waals surface area contributed by atoms with Crippen molar-refractivity contribution in [2.24, 2.45) is 0 Å². The maximum Gasteiger partial charge on any atom is 0.416 e. The van der Waals surface area contributed by atoms with Crippen LogP contribution < -0.4 is 5.32 Å². The molecule has 1 saturated heterocycles. The summed E-state index contributed by atoms with van der Waals surface area (Å²) in [5.74, 6) is -1.62. The fourth-order valence-corrected chi connectivity index (χ4v) is 2.59. The van der Waals surface area contributed by atoms with Crippen molar-refractivity contribution in [3.8, 4) is 0 Å². The van der Waals surface area contributed by atoms with Gasteiger partial charge in [-0.25, -0.2) is 4.39 Å². The summed E-state index contributed by atoms with van der Waals surface area (Å²) < 4.78 is 51.4. The second-order valence-electron chi connectivity index (χ2n) is 5.08. The average Bonchev–Trinajstić information content (AvgIpc) is 2.85. The monoisotopic (exact) mass is 304 g/mol. The predicted molar refractivity (Wildman–Crippen MR) is 69.4 cm³/mol. The lowest BCUT2D eigenvalue weighted by atomic mass is 10.1. The van der Waals surface area contributed by atoms with E-state index in [2.05, 4.69) is 5.32 Å². The highest BCUT2D eigenvalue weighted by atomic mass is 19.4. The van der Waals surface area contributed by atoms with Crippen LogP contribution >= 0.6 is 0 Å². The number of likely N-dealkylation sites (N-methyl/N-ethyl adjacent to an activating group) is 1. The van der Waals surface area contributed by atoms with E-state index in [1.807, 2.05) is 0 Å². The summed E-state index contributed by atoms with van der Waals surface area (Å²) >= 11 is 0. The third kappa shape index (κ3) is 3.53. The normalized spacial score (nSPS) is 19.1. The molecule has 1 aliphatic heterocycles. The summed E-state index contributed by atoms with van der Waals surface area (Å²) in [4.78, 5) is 13.8. The van der Waals surface area contributed by atoms with E-state index in [9.17, 15) is 22.4 Å². The topological polar surface area (TPSA) is 32.3 Å². The Hall–Kier alpha value is -1.63. The van der Waals surface area contributed by atoms with Crippen molar-refractivity contribution in [1.29, 1.82) is 0 Å². The molecule has 0 aromatic heterocycles. The van der Waals surface area contributed by atoms with Crippen LogP contribution in [0.3, 0.4) is 0 Å². The van der Waals surface area contributed by atoms with Gasteiger partial charge in [-0.1, -0.05) is 0 Å². The lowest BCUT2D eigenvalue weighted by molar-refractivity contribution is -0.137. The average molecular weight is 304 g/mol. The van der Waals surface area contributed by atoms with Gasteiger partial charge in [0, 0.05) is 24.7 Å². The maximum atomic E-state index is 13.4. The summed E-state index contributed by atoms with van der Waals surface area (Å²) in [6, 6.07) is 1.89. The first-order chi connectivity index (χ1) is 9.82. The van der Waals surface area contributed by atoms with Crippen molar-refractivity contribution >= 4 is 5.91 Å². The predicted octanol–water partition coefficient (Wildman–Crippen LogP) is 2.67. The van der Waals surface area contributed by atoms with E-state index in [1.165, 1.54) is 4.90 Å². The summed E-state index contributed by atoms with van der Waals surface area (Å²) in [6.45, 7) is 1.04. The van der Waals surface area contributed by atoms with Gasteiger partial charge in [-0.05, 0) is 38.1 Å². The molecule has 0 aliphatic carbocycles. The first-order valence-electron chi connectivity index (χ1n) is 6.66. The number of hydrogen-bond donors (Lipinski definition) is 1. The highest BCUT2D eigenvalue weighted by Gasteiger charge is 2.34. The minimum Gasteiger partial charge on any atom is -0.334 e. The fourth-order valence-electron chi connectivity index (χ4n) is 2.59. The molecular formula is C14H16F4N2O. The molecule has 7 heteroatoms. The van der Waals surface area contributed by atoms with E-state index in [4.69, 9.17) is 0 Å². The molecule has 1 aromatic carbocycles. The number of nitrogens with one attached hydrogen (secondary N) is 1. The molecule has 0 radical (unpaired) electrons. The van der Waals surface area contributed by atoms with Gasteiger partial charge in [0.25, 0.3) is 5.91 Å². The molecule has 1 amide bonds. The van der Waals surface area contributed by atoms with E-state index in [0.29, 0.717) is 25.2 Å². The third-order valence-electron chi connectivity index (χ3n) is 3.55. The number of nitrogens with zero attached hydrogens (tertiary/aromatic N) is 1. The second kappa shape index (κ2) is 6.01. The van der Waals surface area contributed by atoms with Crippen LogP contribution in [0.2, 0.25) is 0 Å². The first kappa shape index (κ1) is 15.8. The molecule has 1 heterocycles. The van der Waals surface area contributed by atoms with Crippen molar-refractivity contribution < 1.29 is 22.4 Å². The minimum absolute atomic E-state index is 0.0693. The van der Waals surface area contributed by atoms with Gasteiger partial charge in [0.1, 0.15) is 5.82 Å². The molecule has 1 aromatic rings. The molecule has 0 saturated carbocycles. The number of halogens is 4. The van der Waals surface area contributed by atoms with Gasteiger partial charge in [-0.2, -0.15) is 13.2 Å². The smallest absolute Gasteiger partial charge is 0.334 e. The Morgan fingerprint density at radius 3 is 2.71 bits per heavy atom. The molecule has 2 rings (SSSR count). The second-order valence-corrected chi connectivity index (χ2v) is 5.08. The van der Waals surface area contributed by atoms with Gasteiger partial charge in [0.2, 0.25) is 0 Å². The largest absolute Gasteiger partial charge is 0.416 e. The molecule has 0 unspecified atom stereocenters. The van der Waals surface area contributed by atoms with Crippen molar-refractivity contribution in [2.45, 2.75) is 25.1 Å². The Balaban J connectivity index is 2.29. The zero-order valence-corrected chi connectivity index (χ0v) is 11.5.